The fourth-order valence-corrected chi connectivity index (χ4v) is 5.83. The molecule has 7 rings (SSSR count). The molecule has 34 heavy (non-hydrogen) atoms. The van der Waals surface area contributed by atoms with Crippen LogP contribution in [0.15, 0.2) is 85.1 Å². The van der Waals surface area contributed by atoms with Gasteiger partial charge in [0.15, 0.2) is 6.20 Å². The second-order valence-corrected chi connectivity index (χ2v) is 9.54. The highest BCUT2D eigenvalue weighted by Crippen LogP contribution is 2.42. The summed E-state index contributed by atoms with van der Waals surface area (Å²) in [6, 6.07) is 28.8. The maximum absolute atomic E-state index is 2.49. The topological polar surface area (TPSA) is 11.5 Å². The number of hydrogen-bond acceptors (Lipinski definition) is 1. The average molecular weight is 441 g/mol. The van der Waals surface area contributed by atoms with Crippen molar-refractivity contribution in [2.45, 2.75) is 13.8 Å². The first-order chi connectivity index (χ1) is 16.5. The number of anilines is 2. The van der Waals surface area contributed by atoms with E-state index in [9.17, 15) is 0 Å². The van der Waals surface area contributed by atoms with Crippen molar-refractivity contribution in [1.82, 2.24) is 4.40 Å². The molecule has 0 saturated carbocycles. The number of benzene rings is 4. The molecule has 7 aromatic rings. The summed E-state index contributed by atoms with van der Waals surface area (Å²) in [4.78, 5) is 2.26. The first-order valence-electron chi connectivity index (χ1n) is 11.8. The molecule has 0 N–H and O–H groups in total. The smallest absolute Gasteiger partial charge is 0.224 e. The number of nitrogens with zero attached hydrogens (tertiary/aromatic N) is 3. The van der Waals surface area contributed by atoms with Crippen LogP contribution in [-0.2, 0) is 7.05 Å². The summed E-state index contributed by atoms with van der Waals surface area (Å²) < 4.78 is 4.79. The Morgan fingerprint density at radius 2 is 1.56 bits per heavy atom. The van der Waals surface area contributed by atoms with E-state index in [0.717, 1.165) is 0 Å². The lowest BCUT2D eigenvalue weighted by molar-refractivity contribution is -0.643. The zero-order chi connectivity index (χ0) is 23.1. The first kappa shape index (κ1) is 19.4. The number of rotatable bonds is 2. The summed E-state index contributed by atoms with van der Waals surface area (Å²) in [5.41, 5.74) is 10.2. The van der Waals surface area contributed by atoms with E-state index in [2.05, 4.69) is 127 Å². The van der Waals surface area contributed by atoms with Crippen LogP contribution in [0, 0.1) is 13.8 Å². The molecule has 0 saturated heterocycles. The fraction of sp³-hybridized carbons (Fsp3) is 0.129. The lowest BCUT2D eigenvalue weighted by atomic mass is 9.96. The van der Waals surface area contributed by atoms with E-state index < -0.39 is 0 Å². The minimum Gasteiger partial charge on any atom is -0.345 e. The number of aromatic nitrogens is 2. The third-order valence-electron chi connectivity index (χ3n) is 7.70. The SMILES string of the molecule is Cc1cc2c3cc(N(C)c4ccccc4)ccc3n3c4cccc5cc[n+](C)c(c(c1C)c23)c54. The highest BCUT2D eigenvalue weighted by molar-refractivity contribution is 6.26. The highest BCUT2D eigenvalue weighted by atomic mass is 15.1. The minimum atomic E-state index is 1.19. The predicted molar refractivity (Wildman–Crippen MR) is 144 cm³/mol. The van der Waals surface area contributed by atoms with E-state index in [1.807, 2.05) is 0 Å². The molecule has 0 atom stereocenters. The van der Waals surface area contributed by atoms with Gasteiger partial charge in [-0.25, -0.2) is 4.57 Å². The van der Waals surface area contributed by atoms with Gasteiger partial charge in [0.2, 0.25) is 5.52 Å². The van der Waals surface area contributed by atoms with Crippen LogP contribution < -0.4 is 9.47 Å². The molecular formula is C31H26N3+. The molecule has 0 aliphatic rings. The second kappa shape index (κ2) is 6.71. The maximum atomic E-state index is 2.49. The molecular weight excluding hydrogens is 414 g/mol. The van der Waals surface area contributed by atoms with Gasteiger partial charge in [-0.1, -0.05) is 30.3 Å². The molecule has 3 aromatic heterocycles. The molecule has 0 amide bonds. The van der Waals surface area contributed by atoms with Crippen molar-refractivity contribution in [2.24, 2.45) is 7.05 Å². The average Bonchev–Trinajstić information content (AvgIpc) is 3.19. The van der Waals surface area contributed by atoms with Gasteiger partial charge in [-0.05, 0) is 72.8 Å². The minimum absolute atomic E-state index is 1.19. The van der Waals surface area contributed by atoms with E-state index in [-0.39, 0.29) is 0 Å². The number of aryl methyl sites for hydroxylation is 3. The highest BCUT2D eigenvalue weighted by Gasteiger charge is 2.24. The molecule has 0 aliphatic carbocycles. The summed E-state index contributed by atoms with van der Waals surface area (Å²) in [6.45, 7) is 4.52. The molecule has 0 aliphatic heterocycles. The molecule has 3 nitrogen and oxygen atoms in total. The molecule has 0 spiro atoms. The Labute approximate surface area is 198 Å². The van der Waals surface area contributed by atoms with Gasteiger partial charge >= 0.3 is 0 Å². The van der Waals surface area contributed by atoms with Crippen LogP contribution in [0.5, 0.6) is 0 Å². The zero-order valence-corrected chi connectivity index (χ0v) is 19.9. The number of fused-ring (bicyclic) bond motifs is 5. The molecule has 0 fully saturated rings. The lowest BCUT2D eigenvalue weighted by Gasteiger charge is -2.19. The van der Waals surface area contributed by atoms with Crippen LogP contribution in [0.2, 0.25) is 0 Å². The van der Waals surface area contributed by atoms with Crippen molar-refractivity contribution in [3.63, 3.8) is 0 Å². The number of para-hydroxylation sites is 1. The van der Waals surface area contributed by atoms with Crippen LogP contribution in [0.4, 0.5) is 11.4 Å². The number of hydrogen-bond donors (Lipinski definition) is 0. The van der Waals surface area contributed by atoms with Gasteiger partial charge in [-0.2, -0.15) is 0 Å². The van der Waals surface area contributed by atoms with Gasteiger partial charge in [0, 0.05) is 35.3 Å². The molecule has 0 unspecified atom stereocenters. The van der Waals surface area contributed by atoms with Crippen molar-refractivity contribution < 1.29 is 4.57 Å². The molecule has 0 radical (unpaired) electrons. The van der Waals surface area contributed by atoms with Gasteiger partial charge < -0.3 is 9.30 Å². The van der Waals surface area contributed by atoms with Crippen LogP contribution in [0.1, 0.15) is 11.1 Å². The van der Waals surface area contributed by atoms with Crippen LogP contribution in [-0.4, -0.2) is 11.4 Å². The second-order valence-electron chi connectivity index (χ2n) is 9.54. The summed E-state index contributed by atoms with van der Waals surface area (Å²) in [5.74, 6) is 0. The Balaban J connectivity index is 1.70. The van der Waals surface area contributed by atoms with Gasteiger partial charge in [0.1, 0.15) is 7.05 Å². The van der Waals surface area contributed by atoms with Gasteiger partial charge in [0.05, 0.1) is 27.3 Å². The molecule has 4 aromatic carbocycles. The van der Waals surface area contributed by atoms with E-state index in [4.69, 9.17) is 0 Å². The Hall–Kier alpha value is -4.11. The standard InChI is InChI=1S/C31H26N3/c1-19-17-25-24-18-23(33(4)22-10-6-5-7-11-22)13-14-26(24)34-27-12-8-9-21-15-16-32(3)31(29(21)27)28(20(19)2)30(25)34/h5-18H,1-4H3/q+1. The van der Waals surface area contributed by atoms with Crippen molar-refractivity contribution >= 4 is 60.4 Å². The number of pyridine rings is 2. The molecule has 3 heteroatoms. The third kappa shape index (κ3) is 2.39. The van der Waals surface area contributed by atoms with Crippen LogP contribution in [0.3, 0.4) is 0 Å². The Morgan fingerprint density at radius 3 is 2.38 bits per heavy atom. The Morgan fingerprint density at radius 1 is 0.735 bits per heavy atom. The third-order valence-corrected chi connectivity index (χ3v) is 7.70. The summed E-state index contributed by atoms with van der Waals surface area (Å²) in [6.07, 6.45) is 2.19. The van der Waals surface area contributed by atoms with Gasteiger partial charge in [0.25, 0.3) is 0 Å². The van der Waals surface area contributed by atoms with Crippen LogP contribution in [0.25, 0.3) is 49.0 Å². The zero-order valence-electron chi connectivity index (χ0n) is 19.9. The van der Waals surface area contributed by atoms with E-state index in [1.165, 1.54) is 71.5 Å². The van der Waals surface area contributed by atoms with E-state index in [0.29, 0.717) is 0 Å². The first-order valence-corrected chi connectivity index (χ1v) is 11.8. The van der Waals surface area contributed by atoms with Crippen molar-refractivity contribution in [2.75, 3.05) is 11.9 Å². The fourth-order valence-electron chi connectivity index (χ4n) is 5.83. The normalized spacial score (nSPS) is 12.1. The lowest BCUT2D eigenvalue weighted by Crippen LogP contribution is -2.29. The van der Waals surface area contributed by atoms with Gasteiger partial charge in [-0.15, -0.1) is 0 Å². The van der Waals surface area contributed by atoms with E-state index in [1.54, 1.807) is 0 Å². The Kier molecular flexibility index (Phi) is 3.82. The van der Waals surface area contributed by atoms with Crippen LogP contribution >= 0.6 is 0 Å². The Bertz CT molecular complexity index is 1890. The predicted octanol–water partition coefficient (Wildman–Crippen LogP) is 7.20. The quantitative estimate of drug-likeness (QED) is 0.157. The van der Waals surface area contributed by atoms with Crippen molar-refractivity contribution in [3.8, 4) is 0 Å². The summed E-state index contributed by atoms with van der Waals surface area (Å²) in [5, 5.41) is 6.59. The van der Waals surface area contributed by atoms with Crippen molar-refractivity contribution in [1.29, 1.82) is 0 Å². The molecule has 3 heterocycles. The summed E-state index contributed by atoms with van der Waals surface area (Å²) >= 11 is 0. The van der Waals surface area contributed by atoms with Gasteiger partial charge in [-0.3, -0.25) is 0 Å². The van der Waals surface area contributed by atoms with Crippen molar-refractivity contribution in [3.05, 3.63) is 96.2 Å². The molecule has 164 valence electrons. The maximum Gasteiger partial charge on any atom is 0.224 e. The van der Waals surface area contributed by atoms with E-state index >= 15 is 0 Å². The monoisotopic (exact) mass is 440 g/mol. The largest absolute Gasteiger partial charge is 0.345 e. The summed E-state index contributed by atoms with van der Waals surface area (Å²) in [7, 11) is 4.32. The molecule has 0 bridgehead atoms.